The number of hydrazine groups is 1. The number of methoxy groups -OCH3 is 1. The molecule has 0 aliphatic heterocycles. The van der Waals surface area contributed by atoms with Crippen LogP contribution < -0.4 is 11.3 Å². The summed E-state index contributed by atoms with van der Waals surface area (Å²) >= 11 is 0. The summed E-state index contributed by atoms with van der Waals surface area (Å²) in [6, 6.07) is 4.75. The molecule has 0 atom stereocenters. The molecule has 0 unspecified atom stereocenters. The minimum absolute atomic E-state index is 0.713. The van der Waals surface area contributed by atoms with Gasteiger partial charge in [-0.3, -0.25) is 4.90 Å². The second kappa shape index (κ2) is 5.95. The van der Waals surface area contributed by atoms with Crippen molar-refractivity contribution in [3.05, 3.63) is 23.9 Å². The molecule has 1 aromatic heterocycles. The molecule has 1 aliphatic carbocycles. The van der Waals surface area contributed by atoms with E-state index >= 15 is 0 Å². The lowest BCUT2D eigenvalue weighted by Crippen LogP contribution is -2.29. The Labute approximate surface area is 102 Å². The first-order valence-corrected chi connectivity index (χ1v) is 5.98. The molecule has 0 amide bonds. The number of nitrogen functional groups attached to an aromatic ring is 1. The molecule has 94 valence electrons. The SMILES string of the molecule is COCCN(Cc1ccnc(NN)c1)C1CC1. The second-order valence-corrected chi connectivity index (χ2v) is 4.39. The molecule has 1 aromatic rings. The highest BCUT2D eigenvalue weighted by Crippen LogP contribution is 2.28. The Morgan fingerprint density at radius 2 is 2.41 bits per heavy atom. The van der Waals surface area contributed by atoms with E-state index in [0.29, 0.717) is 5.82 Å². The number of hydrogen-bond acceptors (Lipinski definition) is 5. The summed E-state index contributed by atoms with van der Waals surface area (Å²) in [6.07, 6.45) is 4.39. The molecular formula is C12H20N4O. The van der Waals surface area contributed by atoms with Crippen LogP contribution in [0, 0.1) is 0 Å². The van der Waals surface area contributed by atoms with E-state index in [9.17, 15) is 0 Å². The highest BCUT2D eigenvalue weighted by Gasteiger charge is 2.28. The average molecular weight is 236 g/mol. The number of hydrogen-bond donors (Lipinski definition) is 2. The summed E-state index contributed by atoms with van der Waals surface area (Å²) in [5.74, 6) is 6.07. The van der Waals surface area contributed by atoms with Gasteiger partial charge in [-0.1, -0.05) is 0 Å². The third kappa shape index (κ3) is 3.66. The van der Waals surface area contributed by atoms with Crippen LogP contribution in [0.5, 0.6) is 0 Å². The second-order valence-electron chi connectivity index (χ2n) is 4.39. The molecule has 0 aromatic carbocycles. The van der Waals surface area contributed by atoms with E-state index in [1.54, 1.807) is 13.3 Å². The maximum absolute atomic E-state index is 5.36. The van der Waals surface area contributed by atoms with Crippen LogP contribution in [0.4, 0.5) is 5.82 Å². The molecule has 5 heteroatoms. The Morgan fingerprint density at radius 3 is 3.06 bits per heavy atom. The molecule has 1 fully saturated rings. The quantitative estimate of drug-likeness (QED) is 0.546. The zero-order valence-electron chi connectivity index (χ0n) is 10.2. The molecule has 0 radical (unpaired) electrons. The average Bonchev–Trinajstić information content (AvgIpc) is 3.19. The molecule has 0 saturated heterocycles. The van der Waals surface area contributed by atoms with Crippen molar-refractivity contribution in [1.29, 1.82) is 0 Å². The lowest BCUT2D eigenvalue weighted by molar-refractivity contribution is 0.139. The molecule has 5 nitrogen and oxygen atoms in total. The van der Waals surface area contributed by atoms with Gasteiger partial charge in [0.15, 0.2) is 0 Å². The molecule has 1 saturated carbocycles. The molecule has 1 aliphatic rings. The van der Waals surface area contributed by atoms with Gasteiger partial charge in [0.05, 0.1) is 6.61 Å². The Morgan fingerprint density at radius 1 is 1.59 bits per heavy atom. The summed E-state index contributed by atoms with van der Waals surface area (Å²) < 4.78 is 5.15. The standard InChI is InChI=1S/C12H20N4O/c1-17-7-6-16(11-2-3-11)9-10-4-5-14-12(8-10)15-13/h4-5,8,11H,2-3,6-7,9,13H2,1H3,(H,14,15). The van der Waals surface area contributed by atoms with Crippen molar-refractivity contribution in [3.63, 3.8) is 0 Å². The number of nitrogens with zero attached hydrogens (tertiary/aromatic N) is 2. The maximum atomic E-state index is 5.36. The summed E-state index contributed by atoms with van der Waals surface area (Å²) in [5, 5.41) is 0. The lowest BCUT2D eigenvalue weighted by Gasteiger charge is -2.21. The number of anilines is 1. The van der Waals surface area contributed by atoms with Gasteiger partial charge in [0.1, 0.15) is 5.82 Å². The summed E-state index contributed by atoms with van der Waals surface area (Å²) in [7, 11) is 1.74. The maximum Gasteiger partial charge on any atom is 0.140 e. The number of nitrogens with one attached hydrogen (secondary N) is 1. The molecule has 1 heterocycles. The largest absolute Gasteiger partial charge is 0.383 e. The van der Waals surface area contributed by atoms with E-state index in [1.165, 1.54) is 18.4 Å². The molecule has 2 rings (SSSR count). The van der Waals surface area contributed by atoms with Crippen LogP contribution in [0.1, 0.15) is 18.4 Å². The predicted octanol–water partition coefficient (Wildman–Crippen LogP) is 0.978. The van der Waals surface area contributed by atoms with E-state index in [1.807, 2.05) is 12.1 Å². The number of ether oxygens (including phenoxy) is 1. The third-order valence-corrected chi connectivity index (χ3v) is 3.00. The van der Waals surface area contributed by atoms with Crippen LogP contribution in [-0.2, 0) is 11.3 Å². The first kappa shape index (κ1) is 12.3. The Hall–Kier alpha value is -1.17. The van der Waals surface area contributed by atoms with Crippen LogP contribution >= 0.6 is 0 Å². The normalized spacial score (nSPS) is 15.2. The van der Waals surface area contributed by atoms with Gasteiger partial charge >= 0.3 is 0 Å². The minimum Gasteiger partial charge on any atom is -0.383 e. The molecule has 3 N–H and O–H groups in total. The van der Waals surface area contributed by atoms with Crippen LogP contribution in [-0.4, -0.2) is 36.2 Å². The van der Waals surface area contributed by atoms with Crippen molar-refractivity contribution in [2.75, 3.05) is 25.7 Å². The van der Waals surface area contributed by atoms with E-state index in [-0.39, 0.29) is 0 Å². The van der Waals surface area contributed by atoms with Gasteiger partial charge in [-0.25, -0.2) is 10.8 Å². The van der Waals surface area contributed by atoms with Crippen molar-refractivity contribution in [3.8, 4) is 0 Å². The van der Waals surface area contributed by atoms with Gasteiger partial charge in [-0.15, -0.1) is 0 Å². The van der Waals surface area contributed by atoms with Gasteiger partial charge in [-0.05, 0) is 30.5 Å². The van der Waals surface area contributed by atoms with E-state index in [2.05, 4.69) is 15.3 Å². The van der Waals surface area contributed by atoms with Crippen molar-refractivity contribution >= 4 is 5.82 Å². The fraction of sp³-hybridized carbons (Fsp3) is 0.583. The summed E-state index contributed by atoms with van der Waals surface area (Å²) in [4.78, 5) is 6.57. The number of aromatic nitrogens is 1. The van der Waals surface area contributed by atoms with Crippen LogP contribution in [0.25, 0.3) is 0 Å². The van der Waals surface area contributed by atoms with E-state index in [4.69, 9.17) is 10.6 Å². The Balaban J connectivity index is 1.95. The highest BCUT2D eigenvalue weighted by atomic mass is 16.5. The van der Waals surface area contributed by atoms with Gasteiger partial charge < -0.3 is 10.2 Å². The first-order chi connectivity index (χ1) is 8.33. The highest BCUT2D eigenvalue weighted by molar-refractivity contribution is 5.35. The Bertz CT molecular complexity index is 354. The molecule has 17 heavy (non-hydrogen) atoms. The summed E-state index contributed by atoms with van der Waals surface area (Å²) in [5.41, 5.74) is 3.81. The zero-order valence-corrected chi connectivity index (χ0v) is 10.2. The van der Waals surface area contributed by atoms with Gasteiger partial charge in [-0.2, -0.15) is 0 Å². The van der Waals surface area contributed by atoms with Crippen LogP contribution in [0.15, 0.2) is 18.3 Å². The van der Waals surface area contributed by atoms with Crippen LogP contribution in [0.2, 0.25) is 0 Å². The van der Waals surface area contributed by atoms with Crippen LogP contribution in [0.3, 0.4) is 0 Å². The monoisotopic (exact) mass is 236 g/mol. The number of pyridine rings is 1. The molecule has 0 bridgehead atoms. The first-order valence-electron chi connectivity index (χ1n) is 5.98. The van der Waals surface area contributed by atoms with Gasteiger partial charge in [0, 0.05) is 32.4 Å². The van der Waals surface area contributed by atoms with Crippen molar-refractivity contribution in [2.24, 2.45) is 5.84 Å². The smallest absolute Gasteiger partial charge is 0.140 e. The fourth-order valence-electron chi connectivity index (χ4n) is 1.93. The van der Waals surface area contributed by atoms with Crippen molar-refractivity contribution in [2.45, 2.75) is 25.4 Å². The lowest BCUT2D eigenvalue weighted by atomic mass is 10.2. The van der Waals surface area contributed by atoms with Crippen molar-refractivity contribution < 1.29 is 4.74 Å². The van der Waals surface area contributed by atoms with Gasteiger partial charge in [0.2, 0.25) is 0 Å². The predicted molar refractivity (Wildman–Crippen MR) is 67.4 cm³/mol. The molecule has 0 spiro atoms. The zero-order chi connectivity index (χ0) is 12.1. The number of nitrogens with two attached hydrogens (primary N) is 1. The van der Waals surface area contributed by atoms with Gasteiger partial charge in [0.25, 0.3) is 0 Å². The minimum atomic E-state index is 0.713. The van der Waals surface area contributed by atoms with E-state index < -0.39 is 0 Å². The third-order valence-electron chi connectivity index (χ3n) is 3.00. The molecular weight excluding hydrogens is 216 g/mol. The van der Waals surface area contributed by atoms with E-state index in [0.717, 1.165) is 25.7 Å². The Kier molecular flexibility index (Phi) is 4.30. The topological polar surface area (TPSA) is 63.4 Å². The summed E-state index contributed by atoms with van der Waals surface area (Å²) in [6.45, 7) is 2.70. The fourth-order valence-corrected chi connectivity index (χ4v) is 1.93. The number of rotatable bonds is 7. The van der Waals surface area contributed by atoms with Crippen molar-refractivity contribution in [1.82, 2.24) is 9.88 Å².